The molecule has 0 N–H and O–H groups in total. The Morgan fingerprint density at radius 1 is 1.13 bits per heavy atom. The van der Waals surface area contributed by atoms with Gasteiger partial charge in [0.05, 0.1) is 6.10 Å². The van der Waals surface area contributed by atoms with Crippen LogP contribution in [0.4, 0.5) is 0 Å². The van der Waals surface area contributed by atoms with Gasteiger partial charge in [-0.2, -0.15) is 0 Å². The molecule has 3 atom stereocenters. The summed E-state index contributed by atoms with van der Waals surface area (Å²) in [5, 5.41) is 0.199. The van der Waals surface area contributed by atoms with E-state index in [-0.39, 0.29) is 17.4 Å². The number of halogens is 1. The van der Waals surface area contributed by atoms with Gasteiger partial charge in [-0.05, 0) is 86.4 Å². The smallest absolute Gasteiger partial charge is 0.192 e. The second kappa shape index (κ2) is 12.7. The molecule has 1 rings (SSSR count). The fraction of sp³-hybridized carbons (Fsp3) is 0.846. The number of ether oxygens (including phenoxy) is 2. The Kier molecular flexibility index (Phi) is 12.0. The minimum Gasteiger partial charge on any atom is -0.413 e. The van der Waals surface area contributed by atoms with Gasteiger partial charge in [0.25, 0.3) is 0 Å². The predicted octanol–water partition coefficient (Wildman–Crippen LogP) is 8.65. The second-order valence-electron chi connectivity index (χ2n) is 11.5. The van der Waals surface area contributed by atoms with E-state index in [2.05, 4.69) is 87.4 Å². The van der Waals surface area contributed by atoms with Crippen molar-refractivity contribution in [2.24, 2.45) is 11.3 Å². The highest BCUT2D eigenvalue weighted by Crippen LogP contribution is 2.48. The highest BCUT2D eigenvalue weighted by Gasteiger charge is 2.47. The van der Waals surface area contributed by atoms with Crippen LogP contribution in [0.5, 0.6) is 0 Å². The molecule has 1 saturated carbocycles. The maximum absolute atomic E-state index is 7.00. The van der Waals surface area contributed by atoms with E-state index in [0.29, 0.717) is 11.3 Å². The molecule has 0 radical (unpaired) electrons. The third-order valence-electron chi connectivity index (χ3n) is 7.66. The van der Waals surface area contributed by atoms with Crippen LogP contribution in [0.25, 0.3) is 0 Å². The van der Waals surface area contributed by atoms with Crippen molar-refractivity contribution >= 4 is 30.9 Å². The van der Waals surface area contributed by atoms with Crippen LogP contribution in [0.3, 0.4) is 0 Å². The summed E-state index contributed by atoms with van der Waals surface area (Å²) in [7, 11) is 1.64. The van der Waals surface area contributed by atoms with Gasteiger partial charge in [0.15, 0.2) is 14.6 Å². The lowest BCUT2D eigenvalue weighted by atomic mass is 9.67. The van der Waals surface area contributed by atoms with Crippen molar-refractivity contribution in [1.29, 1.82) is 0 Å². The summed E-state index contributed by atoms with van der Waals surface area (Å²) in [4.78, 5) is 0. The molecule has 3 nitrogen and oxygen atoms in total. The Morgan fingerprint density at radius 2 is 1.74 bits per heavy atom. The first-order valence-corrected chi connectivity index (χ1v) is 16.1. The molecule has 0 amide bonds. The Morgan fingerprint density at radius 3 is 2.26 bits per heavy atom. The predicted molar refractivity (Wildman–Crippen MR) is 145 cm³/mol. The Bertz CT molecular complexity index is 604. The molecule has 31 heavy (non-hydrogen) atoms. The molecule has 1 aliphatic carbocycles. The van der Waals surface area contributed by atoms with Crippen LogP contribution >= 0.6 is 22.6 Å². The molecule has 0 bridgehead atoms. The molecule has 182 valence electrons. The highest BCUT2D eigenvalue weighted by molar-refractivity contribution is 14.1. The molecule has 0 unspecified atom stereocenters. The van der Waals surface area contributed by atoms with E-state index < -0.39 is 8.32 Å². The van der Waals surface area contributed by atoms with Gasteiger partial charge in [0.2, 0.25) is 0 Å². The number of methoxy groups -OCH3 is 2. The fourth-order valence-corrected chi connectivity index (χ4v) is 5.99. The van der Waals surface area contributed by atoms with E-state index in [1.54, 1.807) is 14.2 Å². The van der Waals surface area contributed by atoms with Crippen molar-refractivity contribution in [2.45, 2.75) is 117 Å². The summed E-state index contributed by atoms with van der Waals surface area (Å²) in [6.07, 6.45) is 10.6. The lowest BCUT2D eigenvalue weighted by Gasteiger charge is -2.49. The van der Waals surface area contributed by atoms with Crippen molar-refractivity contribution < 1.29 is 13.9 Å². The van der Waals surface area contributed by atoms with Crippen LogP contribution in [0.2, 0.25) is 18.1 Å². The minimum atomic E-state index is -1.87. The number of hydrogen-bond donors (Lipinski definition) is 0. The Balaban J connectivity index is 2.89. The third-order valence-corrected chi connectivity index (χ3v) is 13.2. The van der Waals surface area contributed by atoms with Crippen molar-refractivity contribution in [3.05, 3.63) is 21.3 Å². The summed E-state index contributed by atoms with van der Waals surface area (Å²) >= 11 is 2.34. The van der Waals surface area contributed by atoms with Crippen LogP contribution in [-0.4, -0.2) is 34.9 Å². The topological polar surface area (TPSA) is 27.7 Å². The number of allylic oxidation sites excluding steroid dienone is 3. The van der Waals surface area contributed by atoms with Gasteiger partial charge in [-0.15, -0.1) is 0 Å². The maximum atomic E-state index is 7.00. The zero-order chi connectivity index (χ0) is 23.9. The normalized spacial score (nSPS) is 26.6. The first kappa shape index (κ1) is 29.3. The molecule has 0 heterocycles. The van der Waals surface area contributed by atoms with Gasteiger partial charge in [-0.3, -0.25) is 0 Å². The lowest BCUT2D eigenvalue weighted by molar-refractivity contribution is -0.175. The Hall–Kier alpha value is 0.307. The van der Waals surface area contributed by atoms with Crippen LogP contribution in [0.15, 0.2) is 21.3 Å². The maximum Gasteiger partial charge on any atom is 0.192 e. The molecular formula is C26H49IO3Si. The van der Waals surface area contributed by atoms with Crippen LogP contribution in [0, 0.1) is 11.3 Å². The average Bonchev–Trinajstić information content (AvgIpc) is 2.67. The zero-order valence-electron chi connectivity index (χ0n) is 21.9. The van der Waals surface area contributed by atoms with E-state index in [4.69, 9.17) is 13.9 Å². The van der Waals surface area contributed by atoms with Crippen LogP contribution in [-0.2, 0) is 13.9 Å². The first-order valence-electron chi connectivity index (χ1n) is 11.9. The summed E-state index contributed by atoms with van der Waals surface area (Å²) in [6.45, 7) is 18.7. The van der Waals surface area contributed by atoms with Gasteiger partial charge in [-0.1, -0.05) is 67.5 Å². The van der Waals surface area contributed by atoms with E-state index in [0.717, 1.165) is 25.7 Å². The number of hydrogen-bond acceptors (Lipinski definition) is 3. The molecule has 1 fully saturated rings. The van der Waals surface area contributed by atoms with E-state index >= 15 is 0 Å². The van der Waals surface area contributed by atoms with E-state index in [1.165, 1.54) is 30.4 Å². The first-order chi connectivity index (χ1) is 14.3. The van der Waals surface area contributed by atoms with E-state index in [9.17, 15) is 0 Å². The molecule has 0 aliphatic heterocycles. The number of rotatable bonds is 11. The molecule has 0 aromatic carbocycles. The van der Waals surface area contributed by atoms with Gasteiger partial charge < -0.3 is 13.9 Å². The quantitative estimate of drug-likeness (QED) is 0.109. The van der Waals surface area contributed by atoms with Crippen molar-refractivity contribution in [3.8, 4) is 0 Å². The Labute approximate surface area is 208 Å². The summed E-state index contributed by atoms with van der Waals surface area (Å²) in [5.41, 5.74) is 3.30. The molecule has 1 aliphatic rings. The fourth-order valence-electron chi connectivity index (χ4n) is 4.31. The molecule has 0 saturated heterocycles. The van der Waals surface area contributed by atoms with Crippen molar-refractivity contribution in [3.63, 3.8) is 0 Å². The van der Waals surface area contributed by atoms with Crippen molar-refractivity contribution in [1.82, 2.24) is 0 Å². The summed E-state index contributed by atoms with van der Waals surface area (Å²) < 4.78 is 20.6. The SMILES string of the molecule is COC(OC)[C@H]1CC[C@@](C)(CC/C(C)=C\CC/C(C)=C/I)C[C@H]1O[Si](C)(C)C(C)(C)C. The zero-order valence-corrected chi connectivity index (χ0v) is 25.1. The largest absolute Gasteiger partial charge is 0.413 e. The molecule has 0 aromatic heterocycles. The second-order valence-corrected chi connectivity index (χ2v) is 16.9. The molecule has 0 spiro atoms. The van der Waals surface area contributed by atoms with Gasteiger partial charge in [0.1, 0.15) is 0 Å². The molecule has 5 heteroatoms. The van der Waals surface area contributed by atoms with Gasteiger partial charge in [-0.25, -0.2) is 0 Å². The molecular weight excluding hydrogens is 515 g/mol. The molecule has 0 aromatic rings. The lowest BCUT2D eigenvalue weighted by Crippen LogP contribution is -2.51. The standard InChI is InChI=1S/C26H49IO3Si/c1-20(12-11-13-21(2)19-27)14-16-26(6)17-15-22(24(28-7)29-8)23(18-26)30-31(9,10)25(3,4)5/h12,19,22-24H,11,13-18H2,1-10H3/b20-12-,21-19+/t22-,23+,26+/m0/s1. The minimum absolute atomic E-state index is 0.185. The van der Waals surface area contributed by atoms with Gasteiger partial charge >= 0.3 is 0 Å². The average molecular weight is 565 g/mol. The summed E-state index contributed by atoms with van der Waals surface area (Å²) in [6, 6.07) is 0. The monoisotopic (exact) mass is 564 g/mol. The van der Waals surface area contributed by atoms with Crippen molar-refractivity contribution in [2.75, 3.05) is 14.2 Å². The van der Waals surface area contributed by atoms with E-state index in [1.807, 2.05) is 0 Å². The third kappa shape index (κ3) is 9.23. The van der Waals surface area contributed by atoms with Crippen LogP contribution < -0.4 is 0 Å². The van der Waals surface area contributed by atoms with Crippen LogP contribution in [0.1, 0.15) is 86.5 Å². The summed E-state index contributed by atoms with van der Waals surface area (Å²) in [5.74, 6) is 0.303. The highest BCUT2D eigenvalue weighted by atomic mass is 127. The van der Waals surface area contributed by atoms with Gasteiger partial charge in [0, 0.05) is 20.1 Å².